The molecule has 6 aliphatic rings. The minimum atomic E-state index is -2.61. The number of hydrogen-bond acceptors (Lipinski definition) is 10. The first kappa shape index (κ1) is 43.5. The highest BCUT2D eigenvalue weighted by Gasteiger charge is 2.60. The molecule has 6 aromatic rings. The van der Waals surface area contributed by atoms with Crippen LogP contribution in [0.15, 0.2) is 76.8 Å². The minimum absolute atomic E-state index is 0.0648. The van der Waals surface area contributed by atoms with E-state index in [2.05, 4.69) is 45.5 Å². The number of imidazole rings is 1. The number of aliphatic hydroxyl groups excluding tert-OH is 1. The zero-order valence-corrected chi connectivity index (χ0v) is 39.9. The number of aromatic nitrogens is 5. The molecule has 3 aromatic heterocycles. The fourth-order valence-electron chi connectivity index (χ4n) is 11.8. The number of aryl methyl sites for hydroxylation is 2. The molecular formula is C51H57FN9O6P. The van der Waals surface area contributed by atoms with E-state index in [9.17, 15) is 14.5 Å². The summed E-state index contributed by atoms with van der Waals surface area (Å²) in [5.74, 6) is 0.836. The van der Waals surface area contributed by atoms with Crippen LogP contribution in [-0.2, 0) is 26.1 Å². The number of hydrogen-bond donors (Lipinski definition) is 3. The van der Waals surface area contributed by atoms with Gasteiger partial charge in [-0.15, -0.1) is 0 Å². The van der Waals surface area contributed by atoms with Gasteiger partial charge in [0.25, 0.3) is 12.3 Å². The van der Waals surface area contributed by atoms with Crippen LogP contribution in [0.2, 0.25) is 0 Å². The highest BCUT2D eigenvalue weighted by molar-refractivity contribution is 7.73. The van der Waals surface area contributed by atoms with Crippen LogP contribution in [0, 0.1) is 25.6 Å². The molecule has 3 saturated carbocycles. The zero-order chi connectivity index (χ0) is 47.0. The summed E-state index contributed by atoms with van der Waals surface area (Å²) in [5, 5.41) is 20.6. The molecule has 12 rings (SSSR count). The van der Waals surface area contributed by atoms with E-state index in [1.165, 1.54) is 5.56 Å². The van der Waals surface area contributed by atoms with Crippen molar-refractivity contribution in [2.75, 3.05) is 32.1 Å². The molecule has 15 nitrogen and oxygen atoms in total. The molecule has 1 saturated heterocycles. The lowest BCUT2D eigenvalue weighted by molar-refractivity contribution is -0.103. The van der Waals surface area contributed by atoms with Crippen molar-refractivity contribution in [1.29, 1.82) is 0 Å². The van der Waals surface area contributed by atoms with Gasteiger partial charge >= 0.3 is 5.69 Å². The quantitative estimate of drug-likeness (QED) is 0.112. The molecule has 0 bridgehead atoms. The molecule has 1 amide bonds. The van der Waals surface area contributed by atoms with Crippen LogP contribution in [-0.4, -0.2) is 89.8 Å². The number of aliphatic hydroxyl groups is 1. The number of rotatable bonds is 11. The second-order valence-corrected chi connectivity index (χ2v) is 23.3. The number of nitrogens with one attached hydrogen (secondary N) is 2. The molecule has 0 spiro atoms. The largest absolute Gasteiger partial charge is 0.387 e. The highest BCUT2D eigenvalue weighted by Crippen LogP contribution is 2.70. The van der Waals surface area contributed by atoms with Gasteiger partial charge in [0.1, 0.15) is 30.0 Å². The van der Waals surface area contributed by atoms with Gasteiger partial charge in [-0.1, -0.05) is 13.0 Å². The number of benzene rings is 3. The Morgan fingerprint density at radius 3 is 2.29 bits per heavy atom. The van der Waals surface area contributed by atoms with E-state index in [1.807, 2.05) is 43.1 Å². The molecule has 68 heavy (non-hydrogen) atoms. The molecule has 3 aliphatic carbocycles. The Bertz CT molecular complexity index is 3170. The van der Waals surface area contributed by atoms with Crippen LogP contribution >= 0.6 is 7.14 Å². The second kappa shape index (κ2) is 15.9. The van der Waals surface area contributed by atoms with Gasteiger partial charge in [-0.3, -0.25) is 13.9 Å². The van der Waals surface area contributed by atoms with Gasteiger partial charge in [-0.2, -0.15) is 5.10 Å². The summed E-state index contributed by atoms with van der Waals surface area (Å²) in [5.41, 5.74) is 9.09. The number of hydroxylamine groups is 1. The van der Waals surface area contributed by atoms with Crippen molar-refractivity contribution in [2.24, 2.45) is 10.9 Å². The Labute approximate surface area is 393 Å². The summed E-state index contributed by atoms with van der Waals surface area (Å²) in [6.07, 6.45) is 8.97. The molecule has 354 valence electrons. The first-order chi connectivity index (χ1) is 32.8. The SMILES string of the molecule is CNc1cc(-n2ccn(-c3c4c(nn3-c3cc(C)c(F)c(C)c3)CCN(C(=O)c3cc5cc(C6CCOCC6)ccc5n3[C@@]3(C5=NC(O)ON5)C[C@@H]3C)[C@H]4C)c2=O)ccc1P(=O)(C1CC1)C1CC1. The van der Waals surface area contributed by atoms with Gasteiger partial charge in [-0.05, 0) is 143 Å². The fourth-order valence-corrected chi connectivity index (χ4v) is 15.9. The van der Waals surface area contributed by atoms with Gasteiger partial charge < -0.3 is 29.2 Å². The van der Waals surface area contributed by atoms with Crippen molar-refractivity contribution in [1.82, 2.24) is 33.9 Å². The Morgan fingerprint density at radius 2 is 1.65 bits per heavy atom. The summed E-state index contributed by atoms with van der Waals surface area (Å²) >= 11 is 0. The van der Waals surface area contributed by atoms with Gasteiger partial charge in [0.2, 0.25) is 0 Å². The van der Waals surface area contributed by atoms with Crippen molar-refractivity contribution in [3.05, 3.63) is 117 Å². The molecule has 1 unspecified atom stereocenters. The maximum Gasteiger partial charge on any atom is 0.338 e. The van der Waals surface area contributed by atoms with E-state index < -0.39 is 25.1 Å². The Morgan fingerprint density at radius 1 is 0.941 bits per heavy atom. The van der Waals surface area contributed by atoms with Crippen LogP contribution in [0.4, 0.5) is 10.1 Å². The molecular weight excluding hydrogens is 885 g/mol. The number of ether oxygens (including phenoxy) is 1. The predicted molar refractivity (Wildman–Crippen MR) is 258 cm³/mol. The molecule has 4 atom stereocenters. The number of halogens is 1. The number of anilines is 1. The maximum atomic E-state index is 15.6. The Kier molecular flexibility index (Phi) is 10.2. The topological polar surface area (TPSA) is 162 Å². The van der Waals surface area contributed by atoms with Crippen molar-refractivity contribution in [2.45, 2.75) is 114 Å². The lowest BCUT2D eigenvalue weighted by Crippen LogP contribution is -2.43. The van der Waals surface area contributed by atoms with E-state index in [0.29, 0.717) is 83.9 Å². The number of nitrogens with zero attached hydrogens (tertiary/aromatic N) is 7. The third-order valence-electron chi connectivity index (χ3n) is 15.8. The molecule has 3 N–H and O–H groups in total. The first-order valence-electron chi connectivity index (χ1n) is 24.2. The fraction of sp³-hybridized carbons (Fsp3) is 0.451. The third-order valence-corrected chi connectivity index (χ3v) is 20.1. The summed E-state index contributed by atoms with van der Waals surface area (Å²) < 4.78 is 42.5. The van der Waals surface area contributed by atoms with E-state index in [0.717, 1.165) is 66.1 Å². The number of aliphatic imine (C=N–C) groups is 1. The van der Waals surface area contributed by atoms with Crippen molar-refractivity contribution in [3.8, 4) is 17.2 Å². The van der Waals surface area contributed by atoms with Gasteiger partial charge in [0.15, 0.2) is 5.84 Å². The normalized spacial score (nSPS) is 24.0. The van der Waals surface area contributed by atoms with Gasteiger partial charge in [0.05, 0.1) is 23.1 Å². The number of carbonyl (C=O) groups excluding carboxylic acids is 1. The standard InChI is InChI=1S/C51H57FN9O6P/c1-28-22-36(23-29(2)45(28)52)61-46(59-19-18-58(50(59)64)35-7-13-43(40(26-35)53-5)68(65,37-8-9-37)38-10-11-38)44-31(4)57(17-14-39(44)55-61)47(62)42-25-34-24-33(32-15-20-66-21-16-32)6-12-41(34)60(42)51(27-30(51)3)48-54-49(63)67-56-48/h6-7,12-13,18-19,22-26,30-32,37-38,49,53,63H,8-11,14-17,20-21,27H2,1-5H3,(H,54,56)/t30-,31-,49?,51-/m0/s1. The average Bonchev–Trinajstić information content (AvgIpc) is 4.31. The average molecular weight is 942 g/mol. The van der Waals surface area contributed by atoms with E-state index in [-0.39, 0.29) is 34.7 Å². The lowest BCUT2D eigenvalue weighted by Gasteiger charge is -2.34. The summed E-state index contributed by atoms with van der Waals surface area (Å²) in [6.45, 7) is 9.29. The second-order valence-electron chi connectivity index (χ2n) is 20.0. The molecule has 0 radical (unpaired) electrons. The number of fused-ring (bicyclic) bond motifs is 2. The van der Waals surface area contributed by atoms with Crippen molar-refractivity contribution >= 4 is 40.8 Å². The smallest absolute Gasteiger partial charge is 0.338 e. The molecule has 17 heteroatoms. The number of amides is 1. The monoisotopic (exact) mass is 941 g/mol. The Hall–Kier alpha value is -5.80. The number of carbonyl (C=O) groups is 1. The summed E-state index contributed by atoms with van der Waals surface area (Å²) in [6, 6.07) is 17.1. The lowest BCUT2D eigenvalue weighted by atomic mass is 9.91. The van der Waals surface area contributed by atoms with Crippen molar-refractivity contribution in [3.63, 3.8) is 0 Å². The highest BCUT2D eigenvalue weighted by atomic mass is 31.2. The molecule has 3 aliphatic heterocycles. The predicted octanol–water partition coefficient (Wildman–Crippen LogP) is 7.48. The molecule has 3 aromatic carbocycles. The van der Waals surface area contributed by atoms with E-state index in [4.69, 9.17) is 14.7 Å². The van der Waals surface area contributed by atoms with E-state index >= 15 is 9.18 Å². The van der Waals surface area contributed by atoms with Crippen molar-refractivity contribution < 1.29 is 28.4 Å². The number of amidine groups is 1. The summed E-state index contributed by atoms with van der Waals surface area (Å²) in [7, 11) is -0.774. The van der Waals surface area contributed by atoms with E-state index in [1.54, 1.807) is 52.2 Å². The van der Waals surface area contributed by atoms with Crippen LogP contribution < -0.4 is 21.8 Å². The molecule has 6 heterocycles. The van der Waals surface area contributed by atoms with Crippen LogP contribution in [0.3, 0.4) is 0 Å². The van der Waals surface area contributed by atoms with Gasteiger partial charge in [-0.25, -0.2) is 29.2 Å². The minimum Gasteiger partial charge on any atom is -0.387 e. The Balaban J connectivity index is 0.976. The summed E-state index contributed by atoms with van der Waals surface area (Å²) in [4.78, 5) is 42.2. The first-order valence-corrected chi connectivity index (χ1v) is 26.0. The van der Waals surface area contributed by atoms with Gasteiger partial charge in [0, 0.05) is 84.4 Å². The van der Waals surface area contributed by atoms with Crippen LogP contribution in [0.5, 0.6) is 0 Å². The third kappa shape index (κ3) is 6.64. The van der Waals surface area contributed by atoms with Crippen LogP contribution in [0.25, 0.3) is 28.1 Å². The molecule has 4 fully saturated rings. The maximum absolute atomic E-state index is 15.6. The van der Waals surface area contributed by atoms with Crippen LogP contribution in [0.1, 0.15) is 109 Å². The zero-order valence-electron chi connectivity index (χ0n) is 39.0.